The largest absolute Gasteiger partial charge is 0.497 e. The molecule has 3 aromatic carbocycles. The van der Waals surface area contributed by atoms with Crippen molar-refractivity contribution in [1.82, 2.24) is 0 Å². The van der Waals surface area contributed by atoms with E-state index in [0.29, 0.717) is 11.4 Å². The Balaban J connectivity index is 1.80. The molecule has 0 unspecified atom stereocenters. The van der Waals surface area contributed by atoms with Gasteiger partial charge in [0.15, 0.2) is 0 Å². The van der Waals surface area contributed by atoms with Crippen molar-refractivity contribution in [3.05, 3.63) is 83.9 Å². The number of anilines is 3. The molecular formula is C26H27N3O3. The van der Waals surface area contributed by atoms with Gasteiger partial charge in [0.1, 0.15) is 18.3 Å². The van der Waals surface area contributed by atoms with E-state index in [4.69, 9.17) is 4.74 Å². The number of aryl methyl sites for hydroxylation is 1. The Kier molecular flexibility index (Phi) is 5.86. The van der Waals surface area contributed by atoms with Crippen LogP contribution in [0.2, 0.25) is 0 Å². The van der Waals surface area contributed by atoms with Crippen LogP contribution in [0.1, 0.15) is 17.2 Å². The number of piperazine rings is 1. The molecule has 32 heavy (non-hydrogen) atoms. The van der Waals surface area contributed by atoms with Gasteiger partial charge in [-0.3, -0.25) is 14.5 Å². The molecule has 0 spiro atoms. The number of carbonyl (C=O) groups excluding carboxylic acids is 2. The van der Waals surface area contributed by atoms with Crippen molar-refractivity contribution >= 4 is 28.9 Å². The zero-order chi connectivity index (χ0) is 22.8. The molecule has 1 saturated heterocycles. The lowest BCUT2D eigenvalue weighted by Crippen LogP contribution is -2.56. The Morgan fingerprint density at radius 2 is 1.56 bits per heavy atom. The van der Waals surface area contributed by atoms with Gasteiger partial charge in [0.2, 0.25) is 5.91 Å². The van der Waals surface area contributed by atoms with Crippen LogP contribution in [0.3, 0.4) is 0 Å². The van der Waals surface area contributed by atoms with E-state index in [-0.39, 0.29) is 18.4 Å². The van der Waals surface area contributed by atoms with E-state index in [1.54, 1.807) is 29.0 Å². The number of hydrogen-bond acceptors (Lipinski definition) is 4. The lowest BCUT2D eigenvalue weighted by molar-refractivity contribution is -0.128. The standard InChI is InChI=1S/C26H27N3O3/c1-18-7-5-6-8-23(18)28-17-24(30)29(21-13-15-22(32-4)16-14-21)25(26(28)31)19-9-11-20(12-10-19)27(2)3/h5-16,25H,17H2,1-4H3/t25-/m0/s1. The van der Waals surface area contributed by atoms with Gasteiger partial charge in [-0.2, -0.15) is 0 Å². The van der Waals surface area contributed by atoms with E-state index in [1.165, 1.54) is 0 Å². The fourth-order valence-electron chi connectivity index (χ4n) is 4.04. The Bertz CT molecular complexity index is 1120. The fourth-order valence-corrected chi connectivity index (χ4v) is 4.04. The molecule has 3 aromatic rings. The maximum atomic E-state index is 13.8. The van der Waals surface area contributed by atoms with E-state index in [1.807, 2.05) is 86.6 Å². The summed E-state index contributed by atoms with van der Waals surface area (Å²) >= 11 is 0. The SMILES string of the molecule is COc1ccc(N2C(=O)CN(c3ccccc3C)C(=O)[C@@H]2c2ccc(N(C)C)cc2)cc1. The highest BCUT2D eigenvalue weighted by atomic mass is 16.5. The summed E-state index contributed by atoms with van der Waals surface area (Å²) in [5.74, 6) is 0.421. The average Bonchev–Trinajstić information content (AvgIpc) is 2.81. The molecule has 6 heteroatoms. The quantitative estimate of drug-likeness (QED) is 0.610. The second-order valence-electron chi connectivity index (χ2n) is 8.06. The van der Waals surface area contributed by atoms with Crippen molar-refractivity contribution in [2.24, 2.45) is 0 Å². The number of hydrogen-bond donors (Lipinski definition) is 0. The number of nitrogens with zero attached hydrogens (tertiary/aromatic N) is 3. The van der Waals surface area contributed by atoms with Gasteiger partial charge in [-0.05, 0) is 60.5 Å². The summed E-state index contributed by atoms with van der Waals surface area (Å²) in [4.78, 5) is 32.5. The molecular weight excluding hydrogens is 402 g/mol. The normalized spacial score (nSPS) is 16.3. The highest BCUT2D eigenvalue weighted by Crippen LogP contribution is 2.36. The lowest BCUT2D eigenvalue weighted by atomic mass is 9.98. The van der Waals surface area contributed by atoms with Crippen LogP contribution in [0.25, 0.3) is 0 Å². The van der Waals surface area contributed by atoms with Gasteiger partial charge < -0.3 is 14.5 Å². The van der Waals surface area contributed by atoms with Crippen LogP contribution in [0.15, 0.2) is 72.8 Å². The number of carbonyl (C=O) groups is 2. The Morgan fingerprint density at radius 3 is 2.16 bits per heavy atom. The minimum absolute atomic E-state index is 0.0119. The maximum Gasteiger partial charge on any atom is 0.255 e. The van der Waals surface area contributed by atoms with Crippen LogP contribution in [-0.2, 0) is 9.59 Å². The molecule has 0 saturated carbocycles. The number of methoxy groups -OCH3 is 1. The lowest BCUT2D eigenvalue weighted by Gasteiger charge is -2.41. The van der Waals surface area contributed by atoms with Crippen molar-refractivity contribution in [3.8, 4) is 5.75 Å². The predicted octanol–water partition coefficient (Wildman–Crippen LogP) is 4.19. The Morgan fingerprint density at radius 1 is 0.906 bits per heavy atom. The Labute approximate surface area is 188 Å². The van der Waals surface area contributed by atoms with Gasteiger partial charge in [-0.15, -0.1) is 0 Å². The monoisotopic (exact) mass is 429 g/mol. The minimum Gasteiger partial charge on any atom is -0.497 e. The fraction of sp³-hybridized carbons (Fsp3) is 0.231. The van der Waals surface area contributed by atoms with Gasteiger partial charge in [-0.25, -0.2) is 0 Å². The number of benzene rings is 3. The van der Waals surface area contributed by atoms with E-state index in [2.05, 4.69) is 0 Å². The summed E-state index contributed by atoms with van der Waals surface area (Å²) in [6.45, 7) is 1.94. The number of para-hydroxylation sites is 1. The topological polar surface area (TPSA) is 53.1 Å². The molecule has 4 rings (SSSR count). The van der Waals surface area contributed by atoms with E-state index < -0.39 is 6.04 Å². The van der Waals surface area contributed by atoms with Crippen molar-refractivity contribution in [2.75, 3.05) is 42.4 Å². The minimum atomic E-state index is -0.763. The highest BCUT2D eigenvalue weighted by Gasteiger charge is 2.42. The second kappa shape index (κ2) is 8.75. The predicted molar refractivity (Wildman–Crippen MR) is 128 cm³/mol. The smallest absolute Gasteiger partial charge is 0.255 e. The summed E-state index contributed by atoms with van der Waals surface area (Å²) in [7, 11) is 5.53. The van der Waals surface area contributed by atoms with Crippen LogP contribution >= 0.6 is 0 Å². The molecule has 1 fully saturated rings. The highest BCUT2D eigenvalue weighted by molar-refractivity contribution is 6.14. The van der Waals surface area contributed by atoms with Crippen LogP contribution in [0.5, 0.6) is 5.75 Å². The van der Waals surface area contributed by atoms with Crippen molar-refractivity contribution in [2.45, 2.75) is 13.0 Å². The zero-order valence-electron chi connectivity index (χ0n) is 18.8. The molecule has 1 aliphatic rings. The maximum absolute atomic E-state index is 13.8. The van der Waals surface area contributed by atoms with Crippen molar-refractivity contribution in [1.29, 1.82) is 0 Å². The second-order valence-corrected chi connectivity index (χ2v) is 8.06. The summed E-state index contributed by atoms with van der Waals surface area (Å²) in [6.07, 6.45) is 0. The van der Waals surface area contributed by atoms with Crippen LogP contribution < -0.4 is 19.4 Å². The molecule has 2 amide bonds. The third-order valence-electron chi connectivity index (χ3n) is 5.80. The average molecular weight is 430 g/mol. The van der Waals surface area contributed by atoms with Crippen molar-refractivity contribution in [3.63, 3.8) is 0 Å². The first-order valence-corrected chi connectivity index (χ1v) is 10.5. The summed E-state index contributed by atoms with van der Waals surface area (Å²) in [5.41, 5.74) is 4.16. The first-order valence-electron chi connectivity index (χ1n) is 10.5. The summed E-state index contributed by atoms with van der Waals surface area (Å²) in [5, 5.41) is 0. The molecule has 164 valence electrons. The van der Waals surface area contributed by atoms with E-state index in [9.17, 15) is 9.59 Å². The zero-order valence-corrected chi connectivity index (χ0v) is 18.8. The van der Waals surface area contributed by atoms with Gasteiger partial charge in [0.25, 0.3) is 5.91 Å². The van der Waals surface area contributed by atoms with E-state index in [0.717, 1.165) is 22.5 Å². The van der Waals surface area contributed by atoms with Gasteiger partial charge in [-0.1, -0.05) is 30.3 Å². The first kappa shape index (κ1) is 21.4. The number of ether oxygens (including phenoxy) is 1. The first-order chi connectivity index (χ1) is 15.4. The molecule has 6 nitrogen and oxygen atoms in total. The molecule has 1 heterocycles. The molecule has 0 aromatic heterocycles. The third-order valence-corrected chi connectivity index (χ3v) is 5.80. The summed E-state index contributed by atoms with van der Waals surface area (Å²) < 4.78 is 5.26. The molecule has 1 aliphatic heterocycles. The Hall–Kier alpha value is -3.80. The van der Waals surface area contributed by atoms with Crippen LogP contribution in [0, 0.1) is 6.92 Å². The van der Waals surface area contributed by atoms with Crippen LogP contribution in [-0.4, -0.2) is 39.6 Å². The van der Waals surface area contributed by atoms with Gasteiger partial charge in [0, 0.05) is 31.2 Å². The van der Waals surface area contributed by atoms with Gasteiger partial charge in [0.05, 0.1) is 7.11 Å². The van der Waals surface area contributed by atoms with Crippen LogP contribution in [0.4, 0.5) is 17.1 Å². The van der Waals surface area contributed by atoms with Crippen molar-refractivity contribution < 1.29 is 14.3 Å². The van der Waals surface area contributed by atoms with Gasteiger partial charge >= 0.3 is 0 Å². The summed E-state index contributed by atoms with van der Waals surface area (Å²) in [6, 6.07) is 21.9. The third kappa shape index (κ3) is 3.91. The molecule has 0 radical (unpaired) electrons. The molecule has 0 bridgehead atoms. The number of amides is 2. The van der Waals surface area contributed by atoms with E-state index >= 15 is 0 Å². The number of rotatable bonds is 5. The molecule has 0 aliphatic carbocycles. The molecule has 0 N–H and O–H groups in total. The molecule has 1 atom stereocenters.